The lowest BCUT2D eigenvalue weighted by atomic mass is 10.2. The first-order chi connectivity index (χ1) is 9.60. The van der Waals surface area contributed by atoms with Crippen LogP contribution in [0.3, 0.4) is 0 Å². The lowest BCUT2D eigenvalue weighted by molar-refractivity contribution is 0.0946. The number of benzene rings is 1. The highest BCUT2D eigenvalue weighted by Gasteiger charge is 2.13. The van der Waals surface area contributed by atoms with Gasteiger partial charge in [0.1, 0.15) is 5.75 Å². The highest BCUT2D eigenvalue weighted by Crippen LogP contribution is 2.23. The van der Waals surface area contributed by atoms with E-state index in [2.05, 4.69) is 0 Å². The normalized spacial score (nSPS) is 10.8. The van der Waals surface area contributed by atoms with Crippen LogP contribution in [-0.2, 0) is 6.54 Å². The number of methoxy groups -OCH3 is 1. The molecule has 0 radical (unpaired) electrons. The minimum Gasteiger partial charge on any atom is -0.496 e. The van der Waals surface area contributed by atoms with E-state index in [-0.39, 0.29) is 5.78 Å². The van der Waals surface area contributed by atoms with E-state index in [9.17, 15) is 4.79 Å². The predicted molar refractivity (Wildman–Crippen MR) is 83.0 cm³/mol. The van der Waals surface area contributed by atoms with E-state index in [1.807, 2.05) is 36.2 Å². The van der Waals surface area contributed by atoms with Gasteiger partial charge in [-0.15, -0.1) is 11.3 Å². The van der Waals surface area contributed by atoms with Crippen LogP contribution in [-0.4, -0.2) is 31.4 Å². The Morgan fingerprint density at radius 3 is 2.70 bits per heavy atom. The fourth-order valence-electron chi connectivity index (χ4n) is 1.97. The Hall–Kier alpha value is -1.36. The Morgan fingerprint density at radius 1 is 1.30 bits per heavy atom. The van der Waals surface area contributed by atoms with Gasteiger partial charge >= 0.3 is 0 Å². The lowest BCUT2D eigenvalue weighted by Crippen LogP contribution is -2.25. The number of ketones is 1. The third-order valence-electron chi connectivity index (χ3n) is 2.89. The summed E-state index contributed by atoms with van der Waals surface area (Å²) < 4.78 is 5.95. The molecule has 5 heteroatoms. The van der Waals surface area contributed by atoms with E-state index in [1.54, 1.807) is 19.2 Å². The SMILES string of the molecule is COc1ccccc1CN(C)CC(=O)c1ccc(Cl)s1. The first-order valence-corrected chi connectivity index (χ1v) is 7.38. The fraction of sp³-hybridized carbons (Fsp3) is 0.267. The molecular formula is C15H16ClNO2S. The van der Waals surface area contributed by atoms with E-state index in [0.29, 0.717) is 22.3 Å². The summed E-state index contributed by atoms with van der Waals surface area (Å²) in [7, 11) is 3.57. The zero-order valence-electron chi connectivity index (χ0n) is 11.4. The molecule has 0 unspecified atom stereocenters. The molecule has 0 aliphatic heterocycles. The van der Waals surface area contributed by atoms with Crippen LogP contribution in [0.25, 0.3) is 0 Å². The van der Waals surface area contributed by atoms with Crippen molar-refractivity contribution in [2.75, 3.05) is 20.7 Å². The molecular weight excluding hydrogens is 294 g/mol. The fourth-order valence-corrected chi connectivity index (χ4v) is 2.94. The summed E-state index contributed by atoms with van der Waals surface area (Å²) in [6.45, 7) is 1.02. The Bertz CT molecular complexity index is 597. The number of carbonyl (C=O) groups is 1. The zero-order valence-corrected chi connectivity index (χ0v) is 13.0. The van der Waals surface area contributed by atoms with Crippen molar-refractivity contribution in [1.29, 1.82) is 0 Å². The lowest BCUT2D eigenvalue weighted by Gasteiger charge is -2.17. The maximum Gasteiger partial charge on any atom is 0.186 e. The number of para-hydroxylation sites is 1. The smallest absolute Gasteiger partial charge is 0.186 e. The molecule has 20 heavy (non-hydrogen) atoms. The Balaban J connectivity index is 1.98. The Labute approximate surface area is 127 Å². The van der Waals surface area contributed by atoms with Crippen molar-refractivity contribution in [3.05, 3.63) is 51.2 Å². The average molecular weight is 310 g/mol. The first-order valence-electron chi connectivity index (χ1n) is 6.19. The van der Waals surface area contributed by atoms with E-state index in [4.69, 9.17) is 16.3 Å². The number of carbonyl (C=O) groups excluding carboxylic acids is 1. The molecule has 0 aliphatic rings. The van der Waals surface area contributed by atoms with Crippen molar-refractivity contribution in [2.24, 2.45) is 0 Å². The molecule has 0 aliphatic carbocycles. The monoisotopic (exact) mass is 309 g/mol. The minimum atomic E-state index is 0.0827. The summed E-state index contributed by atoms with van der Waals surface area (Å²) in [5, 5.41) is 0. The summed E-state index contributed by atoms with van der Waals surface area (Å²) >= 11 is 7.16. The largest absolute Gasteiger partial charge is 0.496 e. The maximum absolute atomic E-state index is 12.1. The van der Waals surface area contributed by atoms with Crippen molar-refractivity contribution < 1.29 is 9.53 Å². The van der Waals surface area contributed by atoms with Gasteiger partial charge in [0, 0.05) is 12.1 Å². The summed E-state index contributed by atoms with van der Waals surface area (Å²) in [6.07, 6.45) is 0. The number of hydrogen-bond donors (Lipinski definition) is 0. The Morgan fingerprint density at radius 2 is 2.05 bits per heavy atom. The van der Waals surface area contributed by atoms with Gasteiger partial charge in [-0.1, -0.05) is 29.8 Å². The number of ether oxygens (including phenoxy) is 1. The van der Waals surface area contributed by atoms with Crippen molar-refractivity contribution in [1.82, 2.24) is 4.90 Å². The number of nitrogens with zero attached hydrogens (tertiary/aromatic N) is 1. The highest BCUT2D eigenvalue weighted by atomic mass is 35.5. The minimum absolute atomic E-state index is 0.0827. The molecule has 0 spiro atoms. The highest BCUT2D eigenvalue weighted by molar-refractivity contribution is 7.18. The van der Waals surface area contributed by atoms with Gasteiger partial charge in [0.25, 0.3) is 0 Å². The van der Waals surface area contributed by atoms with Gasteiger partial charge in [-0.25, -0.2) is 0 Å². The van der Waals surface area contributed by atoms with Gasteiger partial charge in [0.2, 0.25) is 0 Å². The number of thiophene rings is 1. The van der Waals surface area contributed by atoms with Crippen LogP contribution in [0.2, 0.25) is 4.34 Å². The first kappa shape index (κ1) is 15.0. The molecule has 1 aromatic carbocycles. The summed E-state index contributed by atoms with van der Waals surface area (Å²) in [4.78, 5) is 14.8. The molecule has 0 atom stereocenters. The molecule has 1 aromatic heterocycles. The van der Waals surface area contributed by atoms with Crippen LogP contribution in [0.1, 0.15) is 15.2 Å². The predicted octanol–water partition coefficient (Wildman–Crippen LogP) is 3.72. The average Bonchev–Trinajstić information content (AvgIpc) is 2.86. The molecule has 3 nitrogen and oxygen atoms in total. The van der Waals surface area contributed by atoms with Crippen molar-refractivity contribution in [3.63, 3.8) is 0 Å². The van der Waals surface area contributed by atoms with Crippen LogP contribution in [0.15, 0.2) is 36.4 Å². The van der Waals surface area contributed by atoms with Gasteiger partial charge < -0.3 is 4.74 Å². The number of halogens is 1. The second-order valence-electron chi connectivity index (χ2n) is 4.51. The Kier molecular flexibility index (Phi) is 5.17. The zero-order chi connectivity index (χ0) is 14.5. The quantitative estimate of drug-likeness (QED) is 0.762. The van der Waals surface area contributed by atoms with Gasteiger partial charge in [-0.05, 0) is 25.2 Å². The molecule has 1 heterocycles. The summed E-state index contributed by atoms with van der Waals surface area (Å²) in [5.41, 5.74) is 1.06. The number of Topliss-reactive ketones (excluding diaryl/α,β-unsaturated/α-hetero) is 1. The molecule has 0 bridgehead atoms. The van der Waals surface area contributed by atoms with Crippen LogP contribution in [0.4, 0.5) is 0 Å². The van der Waals surface area contributed by atoms with Gasteiger partial charge in [0.15, 0.2) is 5.78 Å². The molecule has 2 aromatic rings. The van der Waals surface area contributed by atoms with Gasteiger partial charge in [-0.3, -0.25) is 9.69 Å². The summed E-state index contributed by atoms with van der Waals surface area (Å²) in [5.74, 6) is 0.922. The number of hydrogen-bond acceptors (Lipinski definition) is 4. The number of likely N-dealkylation sites (N-methyl/N-ethyl adjacent to an activating group) is 1. The van der Waals surface area contributed by atoms with Crippen LogP contribution < -0.4 is 4.74 Å². The summed E-state index contributed by atoms with van der Waals surface area (Å²) in [6, 6.07) is 11.3. The van der Waals surface area contributed by atoms with Crippen molar-refractivity contribution in [3.8, 4) is 5.75 Å². The van der Waals surface area contributed by atoms with E-state index in [1.165, 1.54) is 11.3 Å². The van der Waals surface area contributed by atoms with E-state index < -0.39 is 0 Å². The van der Waals surface area contributed by atoms with Gasteiger partial charge in [0.05, 0.1) is 22.9 Å². The van der Waals surface area contributed by atoms with Crippen LogP contribution in [0.5, 0.6) is 5.75 Å². The van der Waals surface area contributed by atoms with Gasteiger partial charge in [-0.2, -0.15) is 0 Å². The molecule has 0 saturated carbocycles. The van der Waals surface area contributed by atoms with Crippen LogP contribution in [0, 0.1) is 0 Å². The standard InChI is InChI=1S/C15H16ClNO2S/c1-17(9-11-5-3-4-6-13(11)19-2)10-12(18)14-7-8-15(16)20-14/h3-8H,9-10H2,1-2H3. The molecule has 0 amide bonds. The third-order valence-corrected chi connectivity index (χ3v) is 4.17. The van der Waals surface area contributed by atoms with Crippen molar-refractivity contribution in [2.45, 2.75) is 6.54 Å². The second-order valence-corrected chi connectivity index (χ2v) is 6.23. The molecule has 2 rings (SSSR count). The third kappa shape index (κ3) is 3.82. The number of rotatable bonds is 6. The van der Waals surface area contributed by atoms with Crippen LogP contribution >= 0.6 is 22.9 Å². The van der Waals surface area contributed by atoms with Crippen molar-refractivity contribution >= 4 is 28.7 Å². The molecule has 106 valence electrons. The second kappa shape index (κ2) is 6.88. The molecule has 0 fully saturated rings. The molecule has 0 N–H and O–H groups in total. The molecule has 0 saturated heterocycles. The van der Waals surface area contributed by atoms with E-state index >= 15 is 0 Å². The topological polar surface area (TPSA) is 29.5 Å². The maximum atomic E-state index is 12.1. The van der Waals surface area contributed by atoms with E-state index in [0.717, 1.165) is 11.3 Å².